The molecule has 2 aliphatic rings. The molecule has 1 unspecified atom stereocenters. The Morgan fingerprint density at radius 1 is 1.30 bits per heavy atom. The van der Waals surface area contributed by atoms with Crippen LogP contribution in [-0.4, -0.2) is 12.2 Å². The van der Waals surface area contributed by atoms with Crippen molar-refractivity contribution in [2.24, 2.45) is 0 Å². The highest BCUT2D eigenvalue weighted by Gasteiger charge is 2.29. The molecular weight excluding hydrogens is 284 g/mol. The van der Waals surface area contributed by atoms with E-state index in [2.05, 4.69) is 37.4 Å². The monoisotopic (exact) mass is 310 g/mol. The fraction of sp³-hybridized carbons (Fsp3) is 0.333. The molecule has 122 valence electrons. The molecule has 0 saturated carbocycles. The molecule has 0 bridgehead atoms. The number of fused-ring (bicyclic) bond motifs is 3. The van der Waals surface area contributed by atoms with Crippen molar-refractivity contribution < 1.29 is 9.84 Å². The van der Waals surface area contributed by atoms with Crippen molar-refractivity contribution in [3.63, 3.8) is 0 Å². The zero-order valence-electron chi connectivity index (χ0n) is 14.4. The van der Waals surface area contributed by atoms with Gasteiger partial charge in [0.1, 0.15) is 11.9 Å². The maximum Gasteiger partial charge on any atom is 0.115 e. The van der Waals surface area contributed by atoms with Crippen LogP contribution in [0.15, 0.2) is 54.3 Å². The maximum atomic E-state index is 10.8. The molecule has 1 N–H and O–H groups in total. The lowest BCUT2D eigenvalue weighted by Crippen LogP contribution is -2.18. The lowest BCUT2D eigenvalue weighted by Gasteiger charge is -2.30. The van der Waals surface area contributed by atoms with Crippen molar-refractivity contribution >= 4 is 6.08 Å². The second kappa shape index (κ2) is 7.47. The molecule has 0 saturated heterocycles. The Kier molecular flexibility index (Phi) is 5.62. The third kappa shape index (κ3) is 3.04. The average molecular weight is 310 g/mol. The molecule has 2 nitrogen and oxygen atoms in total. The maximum absolute atomic E-state index is 10.8. The number of benzene rings is 1. The van der Waals surface area contributed by atoms with E-state index in [0.717, 1.165) is 41.5 Å². The summed E-state index contributed by atoms with van der Waals surface area (Å²) in [7, 11) is 1.60. The largest absolute Gasteiger partial charge is 0.497 e. The molecule has 2 heteroatoms. The number of aryl methyl sites for hydroxylation is 1. The summed E-state index contributed by atoms with van der Waals surface area (Å²) in [5.74, 6) is 0.600. The normalized spacial score (nSPS) is 18.3. The molecule has 1 atom stereocenters. The van der Waals surface area contributed by atoms with Crippen molar-refractivity contribution in [3.8, 4) is 0 Å². The van der Waals surface area contributed by atoms with Crippen molar-refractivity contribution in [1.82, 2.24) is 0 Å². The van der Waals surface area contributed by atoms with Gasteiger partial charge < -0.3 is 9.84 Å². The van der Waals surface area contributed by atoms with Crippen LogP contribution in [0, 0.1) is 0 Å². The molecule has 0 aromatic heterocycles. The molecule has 0 heterocycles. The highest BCUT2D eigenvalue weighted by molar-refractivity contribution is 5.66. The predicted molar refractivity (Wildman–Crippen MR) is 97.2 cm³/mol. The van der Waals surface area contributed by atoms with E-state index in [-0.39, 0.29) is 0 Å². The van der Waals surface area contributed by atoms with E-state index in [1.54, 1.807) is 13.2 Å². The van der Waals surface area contributed by atoms with E-state index in [1.165, 1.54) is 11.1 Å². The van der Waals surface area contributed by atoms with Gasteiger partial charge in [-0.1, -0.05) is 57.4 Å². The van der Waals surface area contributed by atoms with Gasteiger partial charge in [-0.2, -0.15) is 0 Å². The Morgan fingerprint density at radius 3 is 2.65 bits per heavy atom. The van der Waals surface area contributed by atoms with Crippen LogP contribution in [-0.2, 0) is 17.6 Å². The Morgan fingerprint density at radius 2 is 2.00 bits per heavy atom. The number of methoxy groups -OCH3 is 1. The summed E-state index contributed by atoms with van der Waals surface area (Å²) in [5, 5.41) is 10.8. The molecule has 1 aromatic carbocycles. The summed E-state index contributed by atoms with van der Waals surface area (Å²) >= 11 is 0. The van der Waals surface area contributed by atoms with Crippen LogP contribution in [0.2, 0.25) is 0 Å². The highest BCUT2D eigenvalue weighted by Crippen LogP contribution is 2.41. The van der Waals surface area contributed by atoms with Crippen molar-refractivity contribution in [2.45, 2.75) is 39.2 Å². The van der Waals surface area contributed by atoms with Gasteiger partial charge in [0.05, 0.1) is 7.11 Å². The molecule has 0 amide bonds. The smallest absolute Gasteiger partial charge is 0.115 e. The number of hydrogen-bond acceptors (Lipinski definition) is 2. The molecule has 0 radical (unpaired) electrons. The van der Waals surface area contributed by atoms with Crippen LogP contribution in [0.5, 0.6) is 0 Å². The quantitative estimate of drug-likeness (QED) is 0.804. The third-order valence-corrected chi connectivity index (χ3v) is 4.42. The van der Waals surface area contributed by atoms with Crippen LogP contribution in [0.25, 0.3) is 6.08 Å². The summed E-state index contributed by atoms with van der Waals surface area (Å²) in [6.07, 6.45) is 8.20. The van der Waals surface area contributed by atoms with Gasteiger partial charge in [0.2, 0.25) is 0 Å². The lowest BCUT2D eigenvalue weighted by atomic mass is 9.78. The van der Waals surface area contributed by atoms with E-state index in [9.17, 15) is 5.11 Å². The second-order valence-corrected chi connectivity index (χ2v) is 5.50. The third-order valence-electron chi connectivity index (χ3n) is 4.42. The minimum Gasteiger partial charge on any atom is -0.497 e. The van der Waals surface area contributed by atoms with E-state index >= 15 is 0 Å². The topological polar surface area (TPSA) is 29.5 Å². The minimum absolute atomic E-state index is 0.600. The van der Waals surface area contributed by atoms with E-state index in [1.807, 2.05) is 13.8 Å². The molecule has 1 aromatic rings. The van der Waals surface area contributed by atoms with Gasteiger partial charge >= 0.3 is 0 Å². The summed E-state index contributed by atoms with van der Waals surface area (Å²) in [5.41, 5.74) is 6.40. The number of allylic oxidation sites excluding steroid dienone is 2. The van der Waals surface area contributed by atoms with Crippen molar-refractivity contribution in [2.75, 3.05) is 7.11 Å². The first-order valence-corrected chi connectivity index (χ1v) is 8.25. The summed E-state index contributed by atoms with van der Waals surface area (Å²) < 4.78 is 5.27. The summed E-state index contributed by atoms with van der Waals surface area (Å²) in [6, 6.07) is 4.30. The van der Waals surface area contributed by atoms with Crippen LogP contribution < -0.4 is 0 Å². The Bertz CT molecular complexity index is 677. The zero-order chi connectivity index (χ0) is 17.0. The van der Waals surface area contributed by atoms with Gasteiger partial charge in [-0.15, -0.1) is 0 Å². The van der Waals surface area contributed by atoms with Crippen LogP contribution >= 0.6 is 0 Å². The van der Waals surface area contributed by atoms with Crippen molar-refractivity contribution in [3.05, 3.63) is 76.6 Å². The van der Waals surface area contributed by atoms with Gasteiger partial charge in [-0.05, 0) is 40.7 Å². The van der Waals surface area contributed by atoms with Gasteiger partial charge in [0, 0.05) is 12.0 Å². The number of rotatable bonds is 3. The first kappa shape index (κ1) is 17.3. The molecule has 0 aliphatic heterocycles. The Balaban J connectivity index is 0.000000924. The van der Waals surface area contributed by atoms with Crippen molar-refractivity contribution in [1.29, 1.82) is 0 Å². The fourth-order valence-corrected chi connectivity index (χ4v) is 3.29. The standard InChI is InChI=1S/C19H20O2.C2H6/c1-4-15-17(12(2)21-3)11-14-10-9-13-7-5-6-8-16(13)18(14)19(15)20;1-2/h4,6,8-10,19-20H,1-2,5,7,11H2,3H3;1-2H3. The molecule has 2 aliphatic carbocycles. The van der Waals surface area contributed by atoms with E-state index < -0.39 is 6.10 Å². The molecule has 0 fully saturated rings. The van der Waals surface area contributed by atoms with Crippen LogP contribution in [0.1, 0.15) is 48.6 Å². The predicted octanol–water partition coefficient (Wildman–Crippen LogP) is 4.90. The van der Waals surface area contributed by atoms with Gasteiger partial charge in [-0.3, -0.25) is 0 Å². The van der Waals surface area contributed by atoms with E-state index in [0.29, 0.717) is 5.76 Å². The number of aliphatic hydroxyl groups excluding tert-OH is 1. The average Bonchev–Trinajstić information content (AvgIpc) is 2.62. The molecule has 0 spiro atoms. The minimum atomic E-state index is -0.661. The van der Waals surface area contributed by atoms with Gasteiger partial charge in [-0.25, -0.2) is 0 Å². The molecule has 23 heavy (non-hydrogen) atoms. The van der Waals surface area contributed by atoms with Gasteiger partial charge in [0.25, 0.3) is 0 Å². The lowest BCUT2D eigenvalue weighted by molar-refractivity contribution is 0.211. The Hall–Kier alpha value is -2.06. The SMILES string of the molecule is C=CC1=C(C(=C)OC)Cc2ccc3c(c2C1O)C=CCC3.CC. The Labute approximate surface area is 139 Å². The number of aliphatic hydroxyl groups is 1. The van der Waals surface area contributed by atoms with Crippen LogP contribution in [0.4, 0.5) is 0 Å². The van der Waals surface area contributed by atoms with Gasteiger partial charge in [0.15, 0.2) is 0 Å². The van der Waals surface area contributed by atoms with Crippen LogP contribution in [0.3, 0.4) is 0 Å². The first-order valence-electron chi connectivity index (χ1n) is 8.25. The highest BCUT2D eigenvalue weighted by atomic mass is 16.5. The second-order valence-electron chi connectivity index (χ2n) is 5.50. The summed E-state index contributed by atoms with van der Waals surface area (Å²) in [4.78, 5) is 0. The molecule has 3 rings (SSSR count). The summed E-state index contributed by atoms with van der Waals surface area (Å²) in [6.45, 7) is 11.8. The first-order chi connectivity index (χ1) is 11.2. The van der Waals surface area contributed by atoms with E-state index in [4.69, 9.17) is 4.74 Å². The zero-order valence-corrected chi connectivity index (χ0v) is 14.4. The number of hydrogen-bond donors (Lipinski definition) is 1. The molecular formula is C21H26O2. The number of ether oxygens (including phenoxy) is 1. The fourth-order valence-electron chi connectivity index (χ4n) is 3.29.